The minimum Gasteiger partial charge on any atom is -0.497 e. The number of benzene rings is 2. The van der Waals surface area contributed by atoms with Crippen LogP contribution < -0.4 is 20.1 Å². The molecule has 0 bridgehead atoms. The number of allylic oxidation sites excluding steroid dienone is 1. The standard InChI is InChI=1S/C25H29N3O7/c1-15-21(24(30)35-13-12-32-3)22(27-25(31)28(15)2)16-6-8-17(9-7-16)26-23(29)19-11-10-18(33-4)14-20(19)34-5/h6-11,14,22H,12-13H2,1-5H3,(H,26,29)(H,27,31). The van der Waals surface area contributed by atoms with Crippen LogP contribution in [0.2, 0.25) is 0 Å². The van der Waals surface area contributed by atoms with E-state index in [2.05, 4.69) is 10.6 Å². The quantitative estimate of drug-likeness (QED) is 0.416. The molecule has 0 saturated heterocycles. The second-order valence-electron chi connectivity index (χ2n) is 7.71. The molecule has 1 aliphatic rings. The molecule has 1 heterocycles. The van der Waals surface area contributed by atoms with E-state index in [1.54, 1.807) is 56.4 Å². The summed E-state index contributed by atoms with van der Waals surface area (Å²) in [5.41, 5.74) is 2.35. The number of anilines is 1. The van der Waals surface area contributed by atoms with E-state index >= 15 is 0 Å². The van der Waals surface area contributed by atoms with Crippen LogP contribution in [0.25, 0.3) is 0 Å². The first-order chi connectivity index (χ1) is 16.8. The van der Waals surface area contributed by atoms with Crippen molar-refractivity contribution in [2.24, 2.45) is 0 Å². The number of hydrogen-bond acceptors (Lipinski definition) is 7. The van der Waals surface area contributed by atoms with Crippen molar-refractivity contribution in [3.8, 4) is 11.5 Å². The van der Waals surface area contributed by atoms with Gasteiger partial charge in [0.1, 0.15) is 18.1 Å². The van der Waals surface area contributed by atoms with Crippen LogP contribution in [0.5, 0.6) is 11.5 Å². The number of esters is 1. The zero-order chi connectivity index (χ0) is 25.5. The molecular formula is C25H29N3O7. The third-order valence-electron chi connectivity index (χ3n) is 5.65. The summed E-state index contributed by atoms with van der Waals surface area (Å²) in [6, 6.07) is 10.7. The highest BCUT2D eigenvalue weighted by molar-refractivity contribution is 6.06. The predicted octanol–water partition coefficient (Wildman–Crippen LogP) is 3.12. The Labute approximate surface area is 203 Å². The molecule has 0 saturated carbocycles. The summed E-state index contributed by atoms with van der Waals surface area (Å²) in [6.45, 7) is 2.05. The van der Waals surface area contributed by atoms with Crippen molar-refractivity contribution in [3.05, 3.63) is 64.9 Å². The van der Waals surface area contributed by atoms with E-state index < -0.39 is 12.0 Å². The van der Waals surface area contributed by atoms with Gasteiger partial charge in [-0.3, -0.25) is 4.79 Å². The van der Waals surface area contributed by atoms with Gasteiger partial charge in [0, 0.05) is 31.6 Å². The Morgan fingerprint density at radius 1 is 1.03 bits per heavy atom. The van der Waals surface area contributed by atoms with Gasteiger partial charge in [0.2, 0.25) is 0 Å². The first-order valence-corrected chi connectivity index (χ1v) is 10.8. The van der Waals surface area contributed by atoms with Crippen molar-refractivity contribution >= 4 is 23.6 Å². The first kappa shape index (κ1) is 25.6. The van der Waals surface area contributed by atoms with E-state index in [1.807, 2.05) is 0 Å². The Bertz CT molecular complexity index is 1130. The fourth-order valence-corrected chi connectivity index (χ4v) is 3.59. The molecule has 2 N–H and O–H groups in total. The van der Waals surface area contributed by atoms with Crippen LogP contribution in [-0.4, -0.2) is 64.4 Å². The lowest BCUT2D eigenvalue weighted by molar-refractivity contribution is -0.140. The maximum atomic E-state index is 12.8. The number of hydrogen-bond donors (Lipinski definition) is 2. The molecule has 1 unspecified atom stereocenters. The third kappa shape index (κ3) is 5.72. The molecule has 3 amide bonds. The van der Waals surface area contributed by atoms with Gasteiger partial charge in [-0.15, -0.1) is 0 Å². The number of urea groups is 1. The van der Waals surface area contributed by atoms with E-state index in [0.29, 0.717) is 39.6 Å². The topological polar surface area (TPSA) is 115 Å². The minimum atomic E-state index is -0.708. The highest BCUT2D eigenvalue weighted by Gasteiger charge is 2.35. The van der Waals surface area contributed by atoms with E-state index in [-0.39, 0.29) is 25.2 Å². The fourth-order valence-electron chi connectivity index (χ4n) is 3.59. The first-order valence-electron chi connectivity index (χ1n) is 10.8. The zero-order valence-electron chi connectivity index (χ0n) is 20.3. The largest absolute Gasteiger partial charge is 0.497 e. The van der Waals surface area contributed by atoms with Crippen LogP contribution in [0.15, 0.2) is 53.7 Å². The molecular weight excluding hydrogens is 454 g/mol. The Balaban J connectivity index is 1.82. The van der Waals surface area contributed by atoms with E-state index in [9.17, 15) is 14.4 Å². The molecule has 1 aliphatic heterocycles. The van der Waals surface area contributed by atoms with Crippen LogP contribution in [-0.2, 0) is 14.3 Å². The maximum absolute atomic E-state index is 12.8. The normalized spacial score (nSPS) is 15.4. The number of carbonyl (C=O) groups excluding carboxylic acids is 3. The van der Waals surface area contributed by atoms with Crippen LogP contribution >= 0.6 is 0 Å². The second kappa shape index (κ2) is 11.4. The molecule has 0 fully saturated rings. The molecule has 3 rings (SSSR count). The summed E-state index contributed by atoms with van der Waals surface area (Å²) in [6.07, 6.45) is 0. The average Bonchev–Trinajstić information content (AvgIpc) is 2.87. The van der Waals surface area contributed by atoms with Crippen molar-refractivity contribution < 1.29 is 33.3 Å². The average molecular weight is 484 g/mol. The number of ether oxygens (including phenoxy) is 4. The molecule has 10 heteroatoms. The third-order valence-corrected chi connectivity index (χ3v) is 5.65. The molecule has 186 valence electrons. The number of nitrogens with one attached hydrogen (secondary N) is 2. The fraction of sp³-hybridized carbons (Fsp3) is 0.320. The number of methoxy groups -OCH3 is 3. The maximum Gasteiger partial charge on any atom is 0.338 e. The highest BCUT2D eigenvalue weighted by atomic mass is 16.6. The number of rotatable bonds is 9. The molecule has 2 aromatic rings. The highest BCUT2D eigenvalue weighted by Crippen LogP contribution is 2.31. The summed E-state index contributed by atoms with van der Waals surface area (Å²) < 4.78 is 20.7. The molecule has 35 heavy (non-hydrogen) atoms. The van der Waals surface area contributed by atoms with Crippen molar-refractivity contribution in [2.75, 3.05) is 46.9 Å². The van der Waals surface area contributed by atoms with Crippen LogP contribution in [0, 0.1) is 0 Å². The summed E-state index contributed by atoms with van der Waals surface area (Å²) >= 11 is 0. The Morgan fingerprint density at radius 2 is 1.74 bits per heavy atom. The predicted molar refractivity (Wildman–Crippen MR) is 129 cm³/mol. The van der Waals surface area contributed by atoms with Crippen molar-refractivity contribution in [1.82, 2.24) is 10.2 Å². The summed E-state index contributed by atoms with van der Waals surface area (Å²) in [4.78, 5) is 39.4. The van der Waals surface area contributed by atoms with Crippen LogP contribution in [0.1, 0.15) is 28.9 Å². The molecule has 0 spiro atoms. The number of amides is 3. The van der Waals surface area contributed by atoms with Gasteiger partial charge in [-0.05, 0) is 36.8 Å². The van der Waals surface area contributed by atoms with Gasteiger partial charge < -0.3 is 34.5 Å². The lowest BCUT2D eigenvalue weighted by Gasteiger charge is -2.33. The summed E-state index contributed by atoms with van der Waals surface area (Å²) in [5.74, 6) is 0.0518. The van der Waals surface area contributed by atoms with Gasteiger partial charge in [-0.2, -0.15) is 0 Å². The Morgan fingerprint density at radius 3 is 2.37 bits per heavy atom. The molecule has 0 aliphatic carbocycles. The molecule has 10 nitrogen and oxygen atoms in total. The van der Waals surface area contributed by atoms with Gasteiger partial charge in [0.15, 0.2) is 0 Å². The minimum absolute atomic E-state index is 0.0935. The van der Waals surface area contributed by atoms with Gasteiger partial charge in [-0.25, -0.2) is 9.59 Å². The van der Waals surface area contributed by atoms with Crippen LogP contribution in [0.3, 0.4) is 0 Å². The van der Waals surface area contributed by atoms with Crippen molar-refractivity contribution in [3.63, 3.8) is 0 Å². The Kier molecular flexibility index (Phi) is 8.32. The smallest absolute Gasteiger partial charge is 0.338 e. The number of carbonyl (C=O) groups is 3. The van der Waals surface area contributed by atoms with E-state index in [1.165, 1.54) is 26.2 Å². The molecule has 1 atom stereocenters. The zero-order valence-corrected chi connectivity index (χ0v) is 20.3. The summed E-state index contributed by atoms with van der Waals surface area (Å²) in [5, 5.41) is 5.65. The molecule has 2 aromatic carbocycles. The van der Waals surface area contributed by atoms with Gasteiger partial charge in [0.05, 0.1) is 38.0 Å². The van der Waals surface area contributed by atoms with Crippen molar-refractivity contribution in [2.45, 2.75) is 13.0 Å². The molecule has 0 radical (unpaired) electrons. The van der Waals surface area contributed by atoms with Gasteiger partial charge in [-0.1, -0.05) is 12.1 Å². The molecule has 0 aromatic heterocycles. The van der Waals surface area contributed by atoms with Crippen LogP contribution in [0.4, 0.5) is 10.5 Å². The Hall–Kier alpha value is -4.05. The lowest BCUT2D eigenvalue weighted by Crippen LogP contribution is -2.46. The van der Waals surface area contributed by atoms with Gasteiger partial charge >= 0.3 is 12.0 Å². The summed E-state index contributed by atoms with van der Waals surface area (Å²) in [7, 11) is 6.10. The lowest BCUT2D eigenvalue weighted by atomic mass is 9.95. The van der Waals surface area contributed by atoms with Gasteiger partial charge in [0.25, 0.3) is 5.91 Å². The van der Waals surface area contributed by atoms with Crippen molar-refractivity contribution in [1.29, 1.82) is 0 Å². The van der Waals surface area contributed by atoms with E-state index in [4.69, 9.17) is 18.9 Å². The monoisotopic (exact) mass is 483 g/mol. The SMILES string of the molecule is COCCOC(=O)C1=C(C)N(C)C(=O)NC1c1ccc(NC(=O)c2ccc(OC)cc2OC)cc1. The second-order valence-corrected chi connectivity index (χ2v) is 7.71. The number of nitrogens with zero attached hydrogens (tertiary/aromatic N) is 1. The van der Waals surface area contributed by atoms with E-state index in [0.717, 1.165) is 0 Å².